The van der Waals surface area contributed by atoms with E-state index < -0.39 is 7.92 Å². The van der Waals surface area contributed by atoms with Gasteiger partial charge in [0, 0.05) is 5.92 Å². The monoisotopic (exact) mass is 402 g/mol. The van der Waals surface area contributed by atoms with E-state index in [4.69, 9.17) is 8.83 Å². The number of hydrogen-bond acceptors (Lipinski definition) is 2. The predicted molar refractivity (Wildman–Crippen MR) is 120 cm³/mol. The first-order chi connectivity index (χ1) is 12.6. The van der Waals surface area contributed by atoms with Crippen LogP contribution in [0.15, 0.2) is 69.2 Å². The molecular formula is C23H32O2P2. The smallest absolute Gasteiger partial charge is 0.137 e. The number of furan rings is 2. The molecule has 0 aromatic carbocycles. The van der Waals surface area contributed by atoms with Crippen LogP contribution in [0.25, 0.3) is 0 Å². The van der Waals surface area contributed by atoms with Gasteiger partial charge in [0.25, 0.3) is 0 Å². The minimum atomic E-state index is -0.771. The summed E-state index contributed by atoms with van der Waals surface area (Å²) < 4.78 is 11.7. The van der Waals surface area contributed by atoms with Gasteiger partial charge in [-0.1, -0.05) is 74.6 Å². The maximum atomic E-state index is 5.86. The van der Waals surface area contributed by atoms with Gasteiger partial charge in [0.15, 0.2) is 0 Å². The Bertz CT molecular complexity index is 738. The first-order valence-electron chi connectivity index (χ1n) is 9.65. The predicted octanol–water partition coefficient (Wildman–Crippen LogP) is 6.84. The zero-order valence-corrected chi connectivity index (χ0v) is 19.4. The average Bonchev–Trinajstić information content (AvgIpc) is 3.28. The molecule has 4 heteroatoms. The van der Waals surface area contributed by atoms with Crippen LogP contribution < -0.4 is 11.0 Å². The standard InChI is InChI=1S/C23H32O2P2/c1-17(27(22(2,3)4)23(5,6)7)18-11-8-12-19(18)26(20-13-9-15-24-20)21-14-10-16-25-21/h8-18H,1-7H3/t17-,18?/m0/s1. The molecule has 2 aromatic rings. The molecule has 0 fully saturated rings. The van der Waals surface area contributed by atoms with E-state index in [1.54, 1.807) is 12.5 Å². The first kappa shape index (κ1) is 20.6. The van der Waals surface area contributed by atoms with Crippen molar-refractivity contribution in [2.45, 2.75) is 64.4 Å². The molecule has 27 heavy (non-hydrogen) atoms. The van der Waals surface area contributed by atoms with Crippen LogP contribution in [0.2, 0.25) is 0 Å². The van der Waals surface area contributed by atoms with Crippen molar-refractivity contribution in [1.29, 1.82) is 0 Å². The summed E-state index contributed by atoms with van der Waals surface area (Å²) in [6, 6.07) is 8.13. The van der Waals surface area contributed by atoms with E-state index in [0.29, 0.717) is 21.9 Å². The highest BCUT2D eigenvalue weighted by Crippen LogP contribution is 2.66. The molecule has 2 nitrogen and oxygen atoms in total. The Kier molecular flexibility index (Phi) is 5.90. The molecule has 0 saturated carbocycles. The Balaban J connectivity index is 1.99. The van der Waals surface area contributed by atoms with E-state index in [1.807, 2.05) is 12.1 Å². The summed E-state index contributed by atoms with van der Waals surface area (Å²) in [7, 11) is -0.995. The quantitative estimate of drug-likeness (QED) is 0.512. The van der Waals surface area contributed by atoms with Crippen molar-refractivity contribution in [2.24, 2.45) is 5.92 Å². The van der Waals surface area contributed by atoms with E-state index in [2.05, 4.69) is 78.8 Å². The summed E-state index contributed by atoms with van der Waals surface area (Å²) in [4.78, 5) is 0. The first-order valence-corrected chi connectivity index (χ1v) is 12.4. The van der Waals surface area contributed by atoms with Gasteiger partial charge in [-0.25, -0.2) is 0 Å². The van der Waals surface area contributed by atoms with Crippen LogP contribution in [0, 0.1) is 5.92 Å². The second-order valence-electron chi connectivity index (χ2n) is 9.19. The SMILES string of the molecule is C[C@@H](C1C=CC=C1P(c1ccco1)c1ccco1)P(C(C)(C)C)C(C)(C)C. The van der Waals surface area contributed by atoms with Crippen molar-refractivity contribution in [2.75, 3.05) is 0 Å². The second kappa shape index (κ2) is 7.73. The van der Waals surface area contributed by atoms with Crippen molar-refractivity contribution in [3.05, 3.63) is 60.3 Å². The van der Waals surface area contributed by atoms with Crippen LogP contribution in [0.3, 0.4) is 0 Å². The molecule has 0 spiro atoms. The van der Waals surface area contributed by atoms with Gasteiger partial charge in [0.1, 0.15) is 11.0 Å². The zero-order valence-electron chi connectivity index (χ0n) is 17.6. The maximum absolute atomic E-state index is 5.86. The molecule has 0 radical (unpaired) electrons. The van der Waals surface area contributed by atoms with Crippen molar-refractivity contribution in [3.63, 3.8) is 0 Å². The van der Waals surface area contributed by atoms with Crippen molar-refractivity contribution in [1.82, 2.24) is 0 Å². The maximum Gasteiger partial charge on any atom is 0.137 e. The number of allylic oxidation sites excluding steroid dienone is 4. The van der Waals surface area contributed by atoms with Crippen LogP contribution in [-0.2, 0) is 0 Å². The summed E-state index contributed by atoms with van der Waals surface area (Å²) in [5, 5.41) is 2.04. The highest BCUT2D eigenvalue weighted by atomic mass is 31.1. The number of rotatable bonds is 5. The lowest BCUT2D eigenvalue weighted by molar-refractivity contribution is 0.592. The Labute approximate surface area is 166 Å². The Morgan fingerprint density at radius 2 is 1.41 bits per heavy atom. The summed E-state index contributed by atoms with van der Waals surface area (Å²) in [5.74, 6) is 0.427. The van der Waals surface area contributed by atoms with Crippen LogP contribution in [-0.4, -0.2) is 16.0 Å². The fraction of sp³-hybridized carbons (Fsp3) is 0.478. The minimum Gasteiger partial charge on any atom is -0.464 e. The molecule has 1 aliphatic carbocycles. The van der Waals surface area contributed by atoms with Crippen molar-refractivity contribution < 1.29 is 8.83 Å². The van der Waals surface area contributed by atoms with E-state index in [9.17, 15) is 0 Å². The highest BCUT2D eigenvalue weighted by molar-refractivity contribution is 7.76. The van der Waals surface area contributed by atoms with Gasteiger partial charge < -0.3 is 8.83 Å². The van der Waals surface area contributed by atoms with Gasteiger partial charge in [0.2, 0.25) is 0 Å². The second-order valence-corrected chi connectivity index (χ2v) is 15.5. The van der Waals surface area contributed by atoms with E-state index >= 15 is 0 Å². The molecule has 2 heterocycles. The van der Waals surface area contributed by atoms with Crippen molar-refractivity contribution >= 4 is 26.8 Å². The minimum absolute atomic E-state index is 0.224. The third-order valence-electron chi connectivity index (χ3n) is 5.01. The molecule has 0 saturated heterocycles. The van der Waals surface area contributed by atoms with Gasteiger partial charge in [0.05, 0.1) is 20.4 Å². The largest absolute Gasteiger partial charge is 0.464 e. The average molecular weight is 402 g/mol. The van der Waals surface area contributed by atoms with Gasteiger partial charge in [-0.15, -0.1) is 0 Å². The van der Waals surface area contributed by atoms with Gasteiger partial charge >= 0.3 is 0 Å². The van der Waals surface area contributed by atoms with Gasteiger partial charge in [-0.3, -0.25) is 0 Å². The third-order valence-corrected chi connectivity index (χ3v) is 11.4. The summed E-state index contributed by atoms with van der Waals surface area (Å²) >= 11 is 0. The van der Waals surface area contributed by atoms with E-state index in [0.717, 1.165) is 11.0 Å². The number of hydrogen-bond donors (Lipinski definition) is 0. The summed E-state index contributed by atoms with van der Waals surface area (Å²) in [6.45, 7) is 16.9. The molecule has 0 N–H and O–H groups in total. The Morgan fingerprint density at radius 1 is 0.889 bits per heavy atom. The molecule has 146 valence electrons. The summed E-state index contributed by atoms with van der Waals surface area (Å²) in [5.41, 5.74) is 2.62. The Morgan fingerprint density at radius 3 is 1.81 bits per heavy atom. The van der Waals surface area contributed by atoms with E-state index in [-0.39, 0.29) is 7.92 Å². The van der Waals surface area contributed by atoms with E-state index in [1.165, 1.54) is 5.31 Å². The lowest BCUT2D eigenvalue weighted by Gasteiger charge is -2.47. The van der Waals surface area contributed by atoms with Crippen LogP contribution >= 0.6 is 15.8 Å². The molecular weight excluding hydrogens is 370 g/mol. The molecule has 0 bridgehead atoms. The van der Waals surface area contributed by atoms with Crippen LogP contribution in [0.4, 0.5) is 0 Å². The Hall–Kier alpha value is -1.10. The molecule has 0 aliphatic heterocycles. The zero-order chi connectivity index (χ0) is 19.8. The molecule has 2 atom stereocenters. The molecule has 3 rings (SSSR count). The van der Waals surface area contributed by atoms with Gasteiger partial charge in [-0.05, 0) is 45.6 Å². The van der Waals surface area contributed by atoms with Crippen molar-refractivity contribution in [3.8, 4) is 0 Å². The fourth-order valence-corrected chi connectivity index (χ4v) is 12.2. The highest BCUT2D eigenvalue weighted by Gasteiger charge is 2.43. The third kappa shape index (κ3) is 4.33. The fourth-order valence-electron chi connectivity index (χ4n) is 4.66. The van der Waals surface area contributed by atoms with Crippen LogP contribution in [0.1, 0.15) is 48.5 Å². The summed E-state index contributed by atoms with van der Waals surface area (Å²) in [6.07, 6.45) is 10.5. The topological polar surface area (TPSA) is 26.3 Å². The molecule has 1 unspecified atom stereocenters. The lowest BCUT2D eigenvalue weighted by Crippen LogP contribution is -2.34. The molecule has 0 amide bonds. The lowest BCUT2D eigenvalue weighted by atomic mass is 10.1. The molecule has 2 aromatic heterocycles. The molecule has 1 aliphatic rings. The van der Waals surface area contributed by atoms with Gasteiger partial charge in [-0.2, -0.15) is 0 Å². The van der Waals surface area contributed by atoms with Crippen LogP contribution in [0.5, 0.6) is 0 Å². The normalized spacial score (nSPS) is 19.1.